The van der Waals surface area contributed by atoms with Crippen LogP contribution in [0.2, 0.25) is 0 Å². The molecular formula is C33H33F2N3O4. The second kappa shape index (κ2) is 9.94. The van der Waals surface area contributed by atoms with E-state index < -0.39 is 17.2 Å². The molecule has 2 aromatic carbocycles. The van der Waals surface area contributed by atoms with Gasteiger partial charge in [0.2, 0.25) is 0 Å². The molecule has 1 aliphatic carbocycles. The molecule has 5 aromatic rings. The van der Waals surface area contributed by atoms with Crippen molar-refractivity contribution in [1.29, 1.82) is 0 Å². The van der Waals surface area contributed by atoms with E-state index in [1.807, 2.05) is 6.92 Å². The maximum atomic E-state index is 15.4. The van der Waals surface area contributed by atoms with Crippen molar-refractivity contribution in [1.82, 2.24) is 14.5 Å². The predicted molar refractivity (Wildman–Crippen MR) is 157 cm³/mol. The summed E-state index contributed by atoms with van der Waals surface area (Å²) in [5.41, 5.74) is 1.94. The second-order valence-electron chi connectivity index (χ2n) is 11.9. The third kappa shape index (κ3) is 4.71. The van der Waals surface area contributed by atoms with Crippen molar-refractivity contribution in [3.8, 4) is 34.1 Å². The van der Waals surface area contributed by atoms with Gasteiger partial charge in [-0.3, -0.25) is 4.79 Å². The summed E-state index contributed by atoms with van der Waals surface area (Å²) in [7, 11) is 1.63. The second-order valence-corrected chi connectivity index (χ2v) is 11.9. The summed E-state index contributed by atoms with van der Waals surface area (Å²) in [4.78, 5) is 21.5. The van der Waals surface area contributed by atoms with Gasteiger partial charge in [-0.1, -0.05) is 6.42 Å². The van der Waals surface area contributed by atoms with Crippen molar-refractivity contribution in [2.45, 2.75) is 65.4 Å². The molecule has 0 radical (unpaired) electrons. The van der Waals surface area contributed by atoms with Crippen LogP contribution in [0, 0.1) is 32.4 Å². The van der Waals surface area contributed by atoms with Gasteiger partial charge in [0.1, 0.15) is 40.2 Å². The average molecular weight is 574 g/mol. The van der Waals surface area contributed by atoms with Gasteiger partial charge in [0.05, 0.1) is 11.0 Å². The van der Waals surface area contributed by atoms with Crippen LogP contribution in [-0.2, 0) is 12.6 Å². The zero-order chi connectivity index (χ0) is 30.1. The minimum absolute atomic E-state index is 0.0412. The number of nitrogens with one attached hydrogen (secondary N) is 1. The highest BCUT2D eigenvalue weighted by Gasteiger charge is 2.28. The van der Waals surface area contributed by atoms with E-state index in [1.54, 1.807) is 33.2 Å². The molecule has 42 heavy (non-hydrogen) atoms. The van der Waals surface area contributed by atoms with E-state index in [0.717, 1.165) is 24.4 Å². The largest absolute Gasteiger partial charge is 0.456 e. The number of benzene rings is 2. The molecule has 3 heterocycles. The first-order valence-corrected chi connectivity index (χ1v) is 14.0. The van der Waals surface area contributed by atoms with Crippen molar-refractivity contribution >= 4 is 11.0 Å². The predicted octanol–water partition coefficient (Wildman–Crippen LogP) is 7.68. The number of aryl methyl sites for hydroxylation is 4. The summed E-state index contributed by atoms with van der Waals surface area (Å²) in [6, 6.07) is 7.08. The molecule has 218 valence electrons. The Kier molecular flexibility index (Phi) is 6.61. The number of nitrogens with zero attached hydrogens (tertiary/aromatic N) is 2. The van der Waals surface area contributed by atoms with Crippen LogP contribution in [0.5, 0.6) is 11.5 Å². The Labute approximate surface area is 241 Å². The molecule has 3 aromatic heterocycles. The Morgan fingerprint density at radius 1 is 1.07 bits per heavy atom. The van der Waals surface area contributed by atoms with Gasteiger partial charge in [-0.2, -0.15) is 0 Å². The summed E-state index contributed by atoms with van der Waals surface area (Å²) in [5, 5.41) is 11.1. The Morgan fingerprint density at radius 3 is 2.38 bits per heavy atom. The number of hydrogen-bond acceptors (Lipinski definition) is 5. The number of imidazole rings is 1. The first-order chi connectivity index (χ1) is 19.8. The standard InChI is InChI=1S/C33H33F2N3O4/c1-16-10-20(34)11-17(2)29(16)41-26-14-25(35)24(33(4,5)40)12-21(26)23-15-38(6)32(39)22-13-27(42-30(22)23)28-18(3)36-31(37-28)19-8-7-9-19/h10-15,19,40H,7-9H2,1-6H3,(H,36,37). The highest BCUT2D eigenvalue weighted by atomic mass is 19.1. The fourth-order valence-electron chi connectivity index (χ4n) is 5.65. The molecule has 2 N–H and O–H groups in total. The monoisotopic (exact) mass is 573 g/mol. The number of hydrogen-bond donors (Lipinski definition) is 2. The molecule has 1 saturated carbocycles. The lowest BCUT2D eigenvalue weighted by molar-refractivity contribution is 0.0745. The van der Waals surface area contributed by atoms with Crippen molar-refractivity contribution in [3.05, 3.63) is 86.7 Å². The van der Waals surface area contributed by atoms with Gasteiger partial charge >= 0.3 is 0 Å². The number of aromatic nitrogens is 3. The first kappa shape index (κ1) is 27.9. The molecule has 6 rings (SSSR count). The molecule has 7 nitrogen and oxygen atoms in total. The van der Waals surface area contributed by atoms with E-state index in [-0.39, 0.29) is 22.5 Å². The molecule has 0 atom stereocenters. The number of aromatic amines is 1. The molecule has 9 heteroatoms. The number of halogens is 2. The Hall–Kier alpha value is -4.24. The molecule has 0 aliphatic heterocycles. The van der Waals surface area contributed by atoms with Crippen LogP contribution >= 0.6 is 0 Å². The maximum Gasteiger partial charge on any atom is 0.261 e. The summed E-state index contributed by atoms with van der Waals surface area (Å²) in [6.45, 7) is 8.32. The first-order valence-electron chi connectivity index (χ1n) is 14.0. The van der Waals surface area contributed by atoms with Crippen LogP contribution in [0.1, 0.15) is 67.2 Å². The quantitative estimate of drug-likeness (QED) is 0.217. The van der Waals surface area contributed by atoms with E-state index >= 15 is 4.39 Å². The van der Waals surface area contributed by atoms with Gasteiger partial charge in [-0.25, -0.2) is 13.8 Å². The fourth-order valence-corrected chi connectivity index (χ4v) is 5.65. The summed E-state index contributed by atoms with van der Waals surface area (Å²) in [5.74, 6) is 1.17. The minimum atomic E-state index is -1.52. The van der Waals surface area contributed by atoms with Crippen LogP contribution in [0.15, 0.2) is 45.7 Å². The molecule has 0 saturated heterocycles. The Morgan fingerprint density at radius 2 is 1.76 bits per heavy atom. The van der Waals surface area contributed by atoms with Gasteiger partial charge in [0.15, 0.2) is 5.76 Å². The average Bonchev–Trinajstić information content (AvgIpc) is 3.46. The molecule has 0 spiro atoms. The lowest BCUT2D eigenvalue weighted by Gasteiger charge is -2.22. The topological polar surface area (TPSA) is 93.3 Å². The number of H-pyrrole nitrogens is 1. The van der Waals surface area contributed by atoms with E-state index in [4.69, 9.17) is 14.1 Å². The van der Waals surface area contributed by atoms with Crippen molar-refractivity contribution in [2.24, 2.45) is 7.05 Å². The van der Waals surface area contributed by atoms with E-state index in [2.05, 4.69) is 4.98 Å². The zero-order valence-corrected chi connectivity index (χ0v) is 24.5. The van der Waals surface area contributed by atoms with Crippen LogP contribution < -0.4 is 10.3 Å². The van der Waals surface area contributed by atoms with Crippen LogP contribution in [-0.4, -0.2) is 19.6 Å². The van der Waals surface area contributed by atoms with Crippen LogP contribution in [0.3, 0.4) is 0 Å². The summed E-state index contributed by atoms with van der Waals surface area (Å²) >= 11 is 0. The van der Waals surface area contributed by atoms with Crippen LogP contribution in [0.4, 0.5) is 8.78 Å². The number of rotatable bonds is 6. The third-order valence-corrected chi connectivity index (χ3v) is 8.13. The number of pyridine rings is 1. The lowest BCUT2D eigenvalue weighted by atomic mass is 9.85. The molecule has 1 aliphatic rings. The maximum absolute atomic E-state index is 15.4. The SMILES string of the molecule is Cc1cc(F)cc(C)c1Oc1cc(F)c(C(C)(C)O)cc1-c1cn(C)c(=O)c2cc(-c3nc(C4CCC4)[nH]c3C)oc12. The number of fused-ring (bicyclic) bond motifs is 1. The Balaban J connectivity index is 1.58. The molecule has 0 amide bonds. The normalized spacial score (nSPS) is 14.0. The van der Waals surface area contributed by atoms with Gasteiger partial charge < -0.3 is 23.8 Å². The summed E-state index contributed by atoms with van der Waals surface area (Å²) < 4.78 is 43.6. The highest BCUT2D eigenvalue weighted by Crippen LogP contribution is 2.43. The van der Waals surface area contributed by atoms with Crippen molar-refractivity contribution in [2.75, 3.05) is 0 Å². The van der Waals surface area contributed by atoms with Gasteiger partial charge in [-0.05, 0) is 82.9 Å². The lowest BCUT2D eigenvalue weighted by Crippen LogP contribution is -2.18. The fraction of sp³-hybridized carbons (Fsp3) is 0.333. The molecular weight excluding hydrogens is 540 g/mol. The third-order valence-electron chi connectivity index (χ3n) is 8.13. The number of aliphatic hydroxyl groups is 1. The van der Waals surface area contributed by atoms with Crippen molar-refractivity contribution in [3.63, 3.8) is 0 Å². The zero-order valence-electron chi connectivity index (χ0n) is 24.5. The summed E-state index contributed by atoms with van der Waals surface area (Å²) in [6.07, 6.45) is 4.95. The Bertz CT molecular complexity index is 1900. The van der Waals surface area contributed by atoms with Gasteiger partial charge in [0, 0.05) is 47.6 Å². The number of furan rings is 1. The minimum Gasteiger partial charge on any atom is -0.456 e. The highest BCUT2D eigenvalue weighted by molar-refractivity contribution is 5.95. The van der Waals surface area contributed by atoms with Crippen LogP contribution in [0.25, 0.3) is 33.6 Å². The van der Waals surface area contributed by atoms with Gasteiger partial charge in [0.25, 0.3) is 5.56 Å². The van der Waals surface area contributed by atoms with Crippen molar-refractivity contribution < 1.29 is 23.0 Å². The number of ether oxygens (including phenoxy) is 1. The smallest absolute Gasteiger partial charge is 0.261 e. The molecule has 0 bridgehead atoms. The van der Waals surface area contributed by atoms with E-state index in [0.29, 0.717) is 50.8 Å². The molecule has 0 unspecified atom stereocenters. The van der Waals surface area contributed by atoms with Gasteiger partial charge in [-0.15, -0.1) is 0 Å². The molecule has 1 fully saturated rings. The van der Waals surface area contributed by atoms with E-state index in [9.17, 15) is 14.3 Å². The van der Waals surface area contributed by atoms with E-state index in [1.165, 1.54) is 49.1 Å².